The van der Waals surface area contributed by atoms with Crippen LogP contribution >= 0.6 is 0 Å². The predicted molar refractivity (Wildman–Crippen MR) is 61.2 cm³/mol. The second-order valence-corrected chi connectivity index (χ2v) is 3.69. The van der Waals surface area contributed by atoms with E-state index < -0.39 is 12.1 Å². The van der Waals surface area contributed by atoms with Crippen molar-refractivity contribution < 1.29 is 0 Å². The Balaban J connectivity index is 3.06. The van der Waals surface area contributed by atoms with Crippen LogP contribution in [-0.2, 0) is 5.79 Å². The van der Waals surface area contributed by atoms with Crippen LogP contribution in [0.4, 0.5) is 5.69 Å². The van der Waals surface area contributed by atoms with Gasteiger partial charge in [0, 0.05) is 11.3 Å². The molecule has 0 aliphatic carbocycles. The highest BCUT2D eigenvalue weighted by Crippen LogP contribution is 2.17. The van der Waals surface area contributed by atoms with E-state index in [0.29, 0.717) is 5.56 Å². The van der Waals surface area contributed by atoms with Crippen LogP contribution in [0.1, 0.15) is 11.1 Å². The molecule has 0 unspecified atom stereocenters. The third kappa shape index (κ3) is 3.46. The van der Waals surface area contributed by atoms with Gasteiger partial charge in [0.1, 0.15) is 12.1 Å². The maximum absolute atomic E-state index is 5.59. The van der Waals surface area contributed by atoms with Gasteiger partial charge in [0.05, 0.1) is 0 Å². The highest BCUT2D eigenvalue weighted by atomic mass is 15.1. The third-order valence-electron chi connectivity index (χ3n) is 1.91. The summed E-state index contributed by atoms with van der Waals surface area (Å²) in [4.78, 5) is 0. The van der Waals surface area contributed by atoms with Crippen molar-refractivity contribution in [3.05, 3.63) is 29.3 Å². The lowest BCUT2D eigenvalue weighted by Gasteiger charge is -2.21. The van der Waals surface area contributed by atoms with Gasteiger partial charge in [-0.05, 0) is 24.6 Å². The molecule has 0 fully saturated rings. The number of rotatable bonds is 3. The van der Waals surface area contributed by atoms with E-state index >= 15 is 0 Å². The molecule has 0 heterocycles. The first-order chi connectivity index (χ1) is 6.79. The maximum atomic E-state index is 5.59. The summed E-state index contributed by atoms with van der Waals surface area (Å²) in [7, 11) is 0. The minimum Gasteiger partial charge on any atom is -0.358 e. The second kappa shape index (κ2) is 4.13. The van der Waals surface area contributed by atoms with Crippen molar-refractivity contribution in [2.45, 2.75) is 19.0 Å². The Morgan fingerprint density at radius 1 is 1.13 bits per heavy atom. The van der Waals surface area contributed by atoms with Gasteiger partial charge >= 0.3 is 0 Å². The van der Waals surface area contributed by atoms with Crippen molar-refractivity contribution in [1.82, 2.24) is 0 Å². The van der Waals surface area contributed by atoms with Gasteiger partial charge in [0.25, 0.3) is 0 Å². The minimum atomic E-state index is -1.36. The monoisotopic (exact) mass is 210 g/mol. The first kappa shape index (κ1) is 11.9. The number of benzene rings is 1. The molecule has 0 amide bonds. The van der Waals surface area contributed by atoms with Crippen LogP contribution in [0.15, 0.2) is 18.2 Å². The van der Waals surface area contributed by atoms with Gasteiger partial charge in [-0.15, -0.1) is 0 Å². The molecule has 11 N–H and O–H groups in total. The Labute approximate surface area is 88.8 Å². The molecule has 0 spiro atoms. The molecule has 1 aromatic rings. The summed E-state index contributed by atoms with van der Waals surface area (Å²) < 4.78 is 0. The standard InChI is InChI=1S/C9H18N6/c1-5-2-6(9(12,13)14)4-7(3-5)15-8(10)11/h2-4,8,15H,10-14H2,1H3. The molecule has 0 saturated heterocycles. The van der Waals surface area contributed by atoms with Crippen molar-refractivity contribution >= 4 is 5.69 Å². The Morgan fingerprint density at radius 2 is 1.73 bits per heavy atom. The van der Waals surface area contributed by atoms with Gasteiger partial charge < -0.3 is 5.32 Å². The Bertz CT molecular complexity index is 341. The lowest BCUT2D eigenvalue weighted by Crippen LogP contribution is -2.54. The molecule has 0 aromatic heterocycles. The van der Waals surface area contributed by atoms with E-state index in [1.54, 1.807) is 6.07 Å². The largest absolute Gasteiger partial charge is 0.358 e. The van der Waals surface area contributed by atoms with Gasteiger partial charge in [-0.3, -0.25) is 28.7 Å². The molecule has 0 aliphatic heterocycles. The first-order valence-electron chi connectivity index (χ1n) is 4.55. The summed E-state index contributed by atoms with van der Waals surface area (Å²) in [5, 5.41) is 2.85. The molecular weight excluding hydrogens is 192 g/mol. The molecule has 6 heteroatoms. The van der Waals surface area contributed by atoms with Gasteiger partial charge in [0.15, 0.2) is 0 Å². The van der Waals surface area contributed by atoms with E-state index in [2.05, 4.69) is 5.32 Å². The molecule has 84 valence electrons. The SMILES string of the molecule is Cc1cc(NC(N)N)cc(C(N)(N)N)c1. The van der Waals surface area contributed by atoms with E-state index in [9.17, 15) is 0 Å². The number of nitrogens with two attached hydrogens (primary N) is 5. The van der Waals surface area contributed by atoms with Crippen molar-refractivity contribution in [2.24, 2.45) is 28.7 Å². The lowest BCUT2D eigenvalue weighted by molar-refractivity contribution is 0.488. The third-order valence-corrected chi connectivity index (χ3v) is 1.91. The molecule has 0 radical (unpaired) electrons. The van der Waals surface area contributed by atoms with Crippen LogP contribution < -0.4 is 34.0 Å². The maximum Gasteiger partial charge on any atom is 0.142 e. The topological polar surface area (TPSA) is 142 Å². The summed E-state index contributed by atoms with van der Waals surface area (Å²) in [5.41, 5.74) is 29.9. The molecular formula is C9H18N6. The summed E-state index contributed by atoms with van der Waals surface area (Å²) in [5.74, 6) is -1.36. The molecule has 15 heavy (non-hydrogen) atoms. The predicted octanol–water partition coefficient (Wildman–Crippen LogP) is -1.41. The fourth-order valence-corrected chi connectivity index (χ4v) is 1.31. The Kier molecular flexibility index (Phi) is 3.28. The van der Waals surface area contributed by atoms with Crippen LogP contribution in [0.3, 0.4) is 0 Å². The average molecular weight is 210 g/mol. The van der Waals surface area contributed by atoms with Crippen LogP contribution in [0.25, 0.3) is 0 Å². The van der Waals surface area contributed by atoms with Gasteiger partial charge in [-0.25, -0.2) is 0 Å². The minimum absolute atomic E-state index is 0.616. The number of anilines is 1. The second-order valence-electron chi connectivity index (χ2n) is 3.69. The zero-order valence-corrected chi connectivity index (χ0v) is 8.70. The average Bonchev–Trinajstić information content (AvgIpc) is 1.99. The van der Waals surface area contributed by atoms with Gasteiger partial charge in [0.2, 0.25) is 0 Å². The molecule has 0 aliphatic rings. The molecule has 0 bridgehead atoms. The Hall–Kier alpha value is -1.18. The van der Waals surface area contributed by atoms with Crippen LogP contribution in [-0.4, -0.2) is 6.29 Å². The van der Waals surface area contributed by atoms with Crippen molar-refractivity contribution in [1.29, 1.82) is 0 Å². The summed E-state index contributed by atoms with van der Waals surface area (Å²) in [6, 6.07) is 5.41. The van der Waals surface area contributed by atoms with Crippen LogP contribution in [0, 0.1) is 6.92 Å². The van der Waals surface area contributed by atoms with Gasteiger partial charge in [-0.2, -0.15) is 0 Å². The molecule has 6 nitrogen and oxygen atoms in total. The van der Waals surface area contributed by atoms with Gasteiger partial charge in [-0.1, -0.05) is 6.07 Å². The fourth-order valence-electron chi connectivity index (χ4n) is 1.31. The van der Waals surface area contributed by atoms with Crippen molar-refractivity contribution in [2.75, 3.05) is 5.32 Å². The summed E-state index contributed by atoms with van der Waals surface area (Å²) in [6.07, 6.45) is -0.637. The normalized spacial score (nSPS) is 11.9. The zero-order valence-electron chi connectivity index (χ0n) is 8.70. The lowest BCUT2D eigenvalue weighted by atomic mass is 10.1. The van der Waals surface area contributed by atoms with Crippen molar-refractivity contribution in [3.63, 3.8) is 0 Å². The van der Waals surface area contributed by atoms with Crippen LogP contribution in [0.5, 0.6) is 0 Å². The molecule has 1 aromatic carbocycles. The first-order valence-corrected chi connectivity index (χ1v) is 4.55. The van der Waals surface area contributed by atoms with E-state index in [1.165, 1.54) is 0 Å². The smallest absolute Gasteiger partial charge is 0.142 e. The van der Waals surface area contributed by atoms with Crippen molar-refractivity contribution in [3.8, 4) is 0 Å². The van der Waals surface area contributed by atoms with Crippen LogP contribution in [0.2, 0.25) is 0 Å². The van der Waals surface area contributed by atoms with E-state index in [-0.39, 0.29) is 0 Å². The number of nitrogens with one attached hydrogen (secondary N) is 1. The fraction of sp³-hybridized carbons (Fsp3) is 0.333. The highest BCUT2D eigenvalue weighted by Gasteiger charge is 2.16. The molecule has 0 saturated carbocycles. The summed E-state index contributed by atoms with van der Waals surface area (Å²) in [6.45, 7) is 1.91. The Morgan fingerprint density at radius 3 is 2.20 bits per heavy atom. The molecule has 0 atom stereocenters. The van der Waals surface area contributed by atoms with E-state index in [1.807, 2.05) is 19.1 Å². The zero-order chi connectivity index (χ0) is 11.6. The number of aryl methyl sites for hydroxylation is 1. The van der Waals surface area contributed by atoms with E-state index in [4.69, 9.17) is 28.7 Å². The molecule has 1 rings (SSSR count). The van der Waals surface area contributed by atoms with E-state index in [0.717, 1.165) is 11.3 Å². The summed E-state index contributed by atoms with van der Waals surface area (Å²) >= 11 is 0. The highest BCUT2D eigenvalue weighted by molar-refractivity contribution is 5.50. The number of hydrogen-bond acceptors (Lipinski definition) is 6. The quantitative estimate of drug-likeness (QED) is 0.338. The number of hydrogen-bond donors (Lipinski definition) is 6.